The number of rotatable bonds is 2. The smallest absolute Gasteiger partial charge is 0.173 e. The van der Waals surface area contributed by atoms with Crippen LogP contribution < -0.4 is 5.73 Å². The number of hydrogen-bond donors (Lipinski definition) is 1. The molecular formula is C9H8BrF2N. The van der Waals surface area contributed by atoms with Crippen LogP contribution in [0.1, 0.15) is 5.56 Å². The summed E-state index contributed by atoms with van der Waals surface area (Å²) in [6.45, 7) is 0.303. The fourth-order valence-corrected chi connectivity index (χ4v) is 1.17. The third kappa shape index (κ3) is 2.35. The molecule has 0 aliphatic rings. The zero-order valence-corrected chi connectivity index (χ0v) is 8.31. The monoisotopic (exact) mass is 247 g/mol. The van der Waals surface area contributed by atoms with Crippen LogP contribution in [0.5, 0.6) is 0 Å². The van der Waals surface area contributed by atoms with Gasteiger partial charge in [0.15, 0.2) is 11.6 Å². The fraction of sp³-hybridized carbons (Fsp3) is 0.111. The summed E-state index contributed by atoms with van der Waals surface area (Å²) in [5.74, 6) is -1.74. The molecule has 0 saturated carbocycles. The number of nitrogens with two attached hydrogens (primary N) is 1. The number of benzene rings is 1. The van der Waals surface area contributed by atoms with Crippen LogP contribution in [0.2, 0.25) is 0 Å². The second kappa shape index (κ2) is 4.48. The van der Waals surface area contributed by atoms with E-state index in [1.54, 1.807) is 6.08 Å². The lowest BCUT2D eigenvalue weighted by molar-refractivity contribution is 0.502. The van der Waals surface area contributed by atoms with E-state index in [9.17, 15) is 8.78 Å². The molecule has 1 aromatic rings. The van der Waals surface area contributed by atoms with E-state index >= 15 is 0 Å². The first-order valence-electron chi connectivity index (χ1n) is 3.67. The lowest BCUT2D eigenvalue weighted by Crippen LogP contribution is -1.94. The fourth-order valence-electron chi connectivity index (χ4n) is 0.865. The van der Waals surface area contributed by atoms with Crippen LogP contribution in [0, 0.1) is 11.6 Å². The average Bonchev–Trinajstić information content (AvgIpc) is 2.13. The van der Waals surface area contributed by atoms with Gasteiger partial charge in [0.1, 0.15) is 0 Å². The SMILES string of the molecule is NC/C=C/c1ccc(Br)c(F)c1F. The van der Waals surface area contributed by atoms with Crippen molar-refractivity contribution in [3.63, 3.8) is 0 Å². The van der Waals surface area contributed by atoms with E-state index in [4.69, 9.17) is 5.73 Å². The minimum atomic E-state index is -0.876. The molecule has 0 fully saturated rings. The first-order chi connectivity index (χ1) is 6.16. The second-order valence-electron chi connectivity index (χ2n) is 2.40. The number of hydrogen-bond acceptors (Lipinski definition) is 1. The second-order valence-corrected chi connectivity index (χ2v) is 3.26. The maximum absolute atomic E-state index is 13.1. The standard InChI is InChI=1S/C9H8BrF2N/c10-7-4-3-6(2-1-5-13)8(11)9(7)12/h1-4H,5,13H2/b2-1+. The van der Waals surface area contributed by atoms with Gasteiger partial charge in [-0.2, -0.15) is 0 Å². The van der Waals surface area contributed by atoms with Crippen molar-refractivity contribution in [3.05, 3.63) is 39.9 Å². The Morgan fingerprint density at radius 3 is 2.62 bits per heavy atom. The molecule has 0 aliphatic heterocycles. The third-order valence-corrected chi connectivity index (χ3v) is 2.11. The Hall–Kier alpha value is -0.740. The highest BCUT2D eigenvalue weighted by Gasteiger charge is 2.08. The van der Waals surface area contributed by atoms with Gasteiger partial charge in [-0.05, 0) is 22.0 Å². The van der Waals surface area contributed by atoms with Crippen molar-refractivity contribution in [2.24, 2.45) is 5.73 Å². The average molecular weight is 248 g/mol. The predicted molar refractivity (Wildman–Crippen MR) is 52.1 cm³/mol. The van der Waals surface area contributed by atoms with Gasteiger partial charge in [-0.15, -0.1) is 0 Å². The van der Waals surface area contributed by atoms with E-state index in [1.165, 1.54) is 18.2 Å². The molecule has 0 aromatic heterocycles. The van der Waals surface area contributed by atoms with Crippen LogP contribution in [0.25, 0.3) is 6.08 Å². The van der Waals surface area contributed by atoms with Gasteiger partial charge in [0.25, 0.3) is 0 Å². The minimum absolute atomic E-state index is 0.120. The summed E-state index contributed by atoms with van der Waals surface area (Å²) in [5, 5.41) is 0. The lowest BCUT2D eigenvalue weighted by atomic mass is 10.2. The molecule has 0 saturated heterocycles. The zero-order chi connectivity index (χ0) is 9.84. The van der Waals surface area contributed by atoms with E-state index in [0.717, 1.165) is 0 Å². The van der Waals surface area contributed by atoms with Gasteiger partial charge in [-0.1, -0.05) is 18.2 Å². The van der Waals surface area contributed by atoms with Gasteiger partial charge < -0.3 is 5.73 Å². The Bertz CT molecular complexity index is 337. The molecule has 0 bridgehead atoms. The molecule has 0 aliphatic carbocycles. The first-order valence-corrected chi connectivity index (χ1v) is 4.46. The van der Waals surface area contributed by atoms with Gasteiger partial charge in [-0.25, -0.2) is 8.78 Å². The molecule has 70 valence electrons. The maximum atomic E-state index is 13.1. The van der Waals surface area contributed by atoms with Gasteiger partial charge in [-0.3, -0.25) is 0 Å². The van der Waals surface area contributed by atoms with Crippen molar-refractivity contribution in [3.8, 4) is 0 Å². The maximum Gasteiger partial charge on any atom is 0.173 e. The largest absolute Gasteiger partial charge is 0.327 e. The van der Waals surface area contributed by atoms with Crippen molar-refractivity contribution in [1.29, 1.82) is 0 Å². The van der Waals surface area contributed by atoms with E-state index < -0.39 is 11.6 Å². The first kappa shape index (κ1) is 10.3. The van der Waals surface area contributed by atoms with Crippen molar-refractivity contribution in [2.45, 2.75) is 0 Å². The molecule has 0 radical (unpaired) electrons. The Morgan fingerprint density at radius 2 is 2.00 bits per heavy atom. The molecule has 0 heterocycles. The molecule has 0 spiro atoms. The molecule has 1 rings (SSSR count). The molecule has 1 nitrogen and oxygen atoms in total. The van der Waals surface area contributed by atoms with Gasteiger partial charge in [0, 0.05) is 12.1 Å². The van der Waals surface area contributed by atoms with Crippen LogP contribution >= 0.6 is 15.9 Å². The Labute approximate surface area is 83.4 Å². The third-order valence-electron chi connectivity index (χ3n) is 1.50. The quantitative estimate of drug-likeness (QED) is 0.800. The number of halogens is 3. The Kier molecular flexibility index (Phi) is 3.57. The summed E-state index contributed by atoms with van der Waals surface area (Å²) in [5.41, 5.74) is 5.38. The molecule has 13 heavy (non-hydrogen) atoms. The van der Waals surface area contributed by atoms with Gasteiger partial charge in [0.05, 0.1) is 4.47 Å². The minimum Gasteiger partial charge on any atom is -0.327 e. The zero-order valence-electron chi connectivity index (χ0n) is 6.73. The normalized spacial score (nSPS) is 11.1. The molecule has 0 atom stereocenters. The summed E-state index contributed by atoms with van der Waals surface area (Å²) in [7, 11) is 0. The summed E-state index contributed by atoms with van der Waals surface area (Å²) >= 11 is 2.88. The lowest BCUT2D eigenvalue weighted by Gasteiger charge is -1.99. The van der Waals surface area contributed by atoms with Crippen LogP contribution in [-0.4, -0.2) is 6.54 Å². The van der Waals surface area contributed by atoms with Crippen LogP contribution in [0.4, 0.5) is 8.78 Å². The van der Waals surface area contributed by atoms with Crippen LogP contribution in [-0.2, 0) is 0 Å². The molecule has 0 amide bonds. The highest BCUT2D eigenvalue weighted by atomic mass is 79.9. The van der Waals surface area contributed by atoms with Crippen molar-refractivity contribution in [2.75, 3.05) is 6.54 Å². The summed E-state index contributed by atoms with van der Waals surface area (Å²) in [6.07, 6.45) is 3.01. The van der Waals surface area contributed by atoms with Crippen molar-refractivity contribution in [1.82, 2.24) is 0 Å². The Balaban J connectivity index is 3.11. The van der Waals surface area contributed by atoms with E-state index in [1.807, 2.05) is 0 Å². The van der Waals surface area contributed by atoms with Crippen LogP contribution in [0.15, 0.2) is 22.7 Å². The molecular weight excluding hydrogens is 240 g/mol. The Morgan fingerprint density at radius 1 is 1.31 bits per heavy atom. The van der Waals surface area contributed by atoms with E-state index in [0.29, 0.717) is 6.54 Å². The molecule has 0 unspecified atom stereocenters. The topological polar surface area (TPSA) is 26.0 Å². The van der Waals surface area contributed by atoms with Crippen LogP contribution in [0.3, 0.4) is 0 Å². The van der Waals surface area contributed by atoms with E-state index in [-0.39, 0.29) is 10.0 Å². The highest BCUT2D eigenvalue weighted by molar-refractivity contribution is 9.10. The molecule has 2 N–H and O–H groups in total. The van der Waals surface area contributed by atoms with Crippen molar-refractivity contribution >= 4 is 22.0 Å². The van der Waals surface area contributed by atoms with Crippen molar-refractivity contribution < 1.29 is 8.78 Å². The predicted octanol–water partition coefficient (Wildman–Crippen LogP) is 2.70. The molecule has 4 heteroatoms. The summed E-state index contributed by atoms with van der Waals surface area (Å²) < 4.78 is 26.1. The van der Waals surface area contributed by atoms with Gasteiger partial charge >= 0.3 is 0 Å². The summed E-state index contributed by atoms with van der Waals surface area (Å²) in [6, 6.07) is 2.93. The van der Waals surface area contributed by atoms with E-state index in [2.05, 4.69) is 15.9 Å². The molecule has 1 aromatic carbocycles. The van der Waals surface area contributed by atoms with Gasteiger partial charge in [0.2, 0.25) is 0 Å². The highest BCUT2D eigenvalue weighted by Crippen LogP contribution is 2.21. The summed E-state index contributed by atoms with van der Waals surface area (Å²) in [4.78, 5) is 0.